The predicted octanol–water partition coefficient (Wildman–Crippen LogP) is 3.81. The molecule has 1 aliphatic heterocycles. The summed E-state index contributed by atoms with van der Waals surface area (Å²) in [5.74, 6) is -3.14. The van der Waals surface area contributed by atoms with Crippen LogP contribution in [0, 0.1) is 5.82 Å². The highest BCUT2D eigenvalue weighted by Crippen LogP contribution is 2.29. The number of nitrogens with one attached hydrogen (secondary N) is 1. The number of ether oxygens (including phenoxy) is 1. The molecule has 7 nitrogen and oxygen atoms in total. The highest BCUT2D eigenvalue weighted by atomic mass is 19.1. The fourth-order valence-electron chi connectivity index (χ4n) is 3.27. The quantitative estimate of drug-likeness (QED) is 0.489. The van der Waals surface area contributed by atoms with Crippen molar-refractivity contribution in [3.8, 4) is 0 Å². The van der Waals surface area contributed by atoms with Crippen LogP contribution < -0.4 is 10.2 Å². The Bertz CT molecular complexity index is 1220. The third-order valence-electron chi connectivity index (χ3n) is 4.92. The van der Waals surface area contributed by atoms with Crippen molar-refractivity contribution in [3.05, 3.63) is 95.3 Å². The minimum atomic E-state index is -1.22. The number of hydrogen-bond acceptors (Lipinski definition) is 5. The second-order valence-corrected chi connectivity index (χ2v) is 7.06. The van der Waals surface area contributed by atoms with Crippen molar-refractivity contribution in [1.29, 1.82) is 0 Å². The molecule has 0 spiro atoms. The first-order valence-corrected chi connectivity index (χ1v) is 9.71. The maximum atomic E-state index is 13.7. The van der Waals surface area contributed by atoms with Crippen LogP contribution in [0.15, 0.2) is 72.8 Å². The zero-order chi connectivity index (χ0) is 22.8. The fourth-order valence-corrected chi connectivity index (χ4v) is 3.27. The first-order chi connectivity index (χ1) is 15.4. The number of amides is 3. The topological polar surface area (TPSA) is 92.8 Å². The van der Waals surface area contributed by atoms with E-state index in [9.17, 15) is 23.6 Å². The number of imide groups is 1. The van der Waals surface area contributed by atoms with E-state index in [1.807, 2.05) is 0 Å². The van der Waals surface area contributed by atoms with Gasteiger partial charge in [-0.05, 0) is 49.4 Å². The molecule has 0 radical (unpaired) electrons. The van der Waals surface area contributed by atoms with Crippen molar-refractivity contribution < 1.29 is 28.3 Å². The van der Waals surface area contributed by atoms with E-state index < -0.39 is 35.6 Å². The highest BCUT2D eigenvalue weighted by molar-refractivity contribution is 6.34. The average Bonchev–Trinajstić information content (AvgIpc) is 3.05. The van der Waals surface area contributed by atoms with E-state index in [1.165, 1.54) is 49.4 Å². The van der Waals surface area contributed by atoms with Gasteiger partial charge < -0.3 is 10.1 Å². The minimum Gasteiger partial charge on any atom is -0.449 e. The molecule has 32 heavy (non-hydrogen) atoms. The van der Waals surface area contributed by atoms with Gasteiger partial charge in [0, 0.05) is 0 Å². The molecular formula is C24H17FN2O5. The number of halogens is 1. The zero-order valence-corrected chi connectivity index (χ0v) is 16.9. The number of benzene rings is 3. The van der Waals surface area contributed by atoms with Gasteiger partial charge in [0.1, 0.15) is 5.82 Å². The maximum Gasteiger partial charge on any atom is 0.338 e. The summed E-state index contributed by atoms with van der Waals surface area (Å²) >= 11 is 0. The molecule has 0 aliphatic carbocycles. The number of rotatable bonds is 5. The van der Waals surface area contributed by atoms with Gasteiger partial charge in [-0.3, -0.25) is 14.4 Å². The van der Waals surface area contributed by atoms with Crippen LogP contribution >= 0.6 is 0 Å². The van der Waals surface area contributed by atoms with Crippen LogP contribution in [0.1, 0.15) is 38.0 Å². The highest BCUT2D eigenvalue weighted by Gasteiger charge is 2.36. The number of esters is 1. The summed E-state index contributed by atoms with van der Waals surface area (Å²) < 4.78 is 18.9. The van der Waals surface area contributed by atoms with Gasteiger partial charge in [0.15, 0.2) is 6.10 Å². The number of carbonyl (C=O) groups excluding carboxylic acids is 4. The molecule has 1 N–H and O–H groups in total. The molecule has 0 unspecified atom stereocenters. The molecule has 3 aromatic rings. The second-order valence-electron chi connectivity index (χ2n) is 7.06. The van der Waals surface area contributed by atoms with E-state index in [4.69, 9.17) is 4.74 Å². The van der Waals surface area contributed by atoms with Crippen molar-refractivity contribution in [2.24, 2.45) is 0 Å². The van der Waals surface area contributed by atoms with Crippen LogP contribution in [0.3, 0.4) is 0 Å². The molecule has 0 saturated heterocycles. The molecule has 1 heterocycles. The standard InChI is InChI=1S/C24H17FN2O5/c1-14(21(28)26-20-12-5-4-11-19(20)25)32-24(31)15-7-6-8-16(13-15)27-22(29)17-9-2-3-10-18(17)23(27)30/h2-14H,1H3,(H,26,28)/t14-/m1/s1. The number of anilines is 2. The Morgan fingerprint density at radius 2 is 1.53 bits per heavy atom. The number of fused-ring (bicyclic) bond motifs is 1. The number of hydrogen-bond donors (Lipinski definition) is 1. The summed E-state index contributed by atoms with van der Waals surface area (Å²) in [6.07, 6.45) is -1.22. The van der Waals surface area contributed by atoms with E-state index in [-0.39, 0.29) is 28.1 Å². The molecular weight excluding hydrogens is 415 g/mol. The molecule has 0 saturated carbocycles. The number of para-hydroxylation sites is 1. The lowest BCUT2D eigenvalue weighted by Gasteiger charge is -2.16. The van der Waals surface area contributed by atoms with Gasteiger partial charge in [-0.15, -0.1) is 0 Å². The molecule has 160 valence electrons. The summed E-state index contributed by atoms with van der Waals surface area (Å²) in [4.78, 5) is 51.1. The largest absolute Gasteiger partial charge is 0.449 e. The van der Waals surface area contributed by atoms with Gasteiger partial charge in [-0.25, -0.2) is 14.1 Å². The molecule has 3 aromatic carbocycles. The molecule has 8 heteroatoms. The molecule has 1 atom stereocenters. The number of carbonyl (C=O) groups is 4. The first-order valence-electron chi connectivity index (χ1n) is 9.71. The van der Waals surface area contributed by atoms with Crippen LogP contribution in [0.25, 0.3) is 0 Å². The predicted molar refractivity (Wildman–Crippen MR) is 114 cm³/mol. The molecule has 1 aliphatic rings. The van der Waals surface area contributed by atoms with Gasteiger partial charge >= 0.3 is 5.97 Å². The van der Waals surface area contributed by atoms with Gasteiger partial charge in [0.2, 0.25) is 0 Å². The van der Waals surface area contributed by atoms with Gasteiger partial charge in [0.25, 0.3) is 17.7 Å². The number of nitrogens with zero attached hydrogens (tertiary/aromatic N) is 1. The van der Waals surface area contributed by atoms with Crippen LogP contribution in [-0.2, 0) is 9.53 Å². The maximum absolute atomic E-state index is 13.7. The molecule has 0 aromatic heterocycles. The molecule has 0 fully saturated rings. The third-order valence-corrected chi connectivity index (χ3v) is 4.92. The van der Waals surface area contributed by atoms with Crippen LogP contribution in [-0.4, -0.2) is 29.8 Å². The Morgan fingerprint density at radius 3 is 2.19 bits per heavy atom. The van der Waals surface area contributed by atoms with E-state index in [2.05, 4.69) is 5.32 Å². The first kappa shape index (κ1) is 20.9. The second kappa shape index (κ2) is 8.43. The Hall–Kier alpha value is -4.33. The molecule has 3 amide bonds. The fraction of sp³-hybridized carbons (Fsp3) is 0.0833. The zero-order valence-electron chi connectivity index (χ0n) is 16.9. The van der Waals surface area contributed by atoms with Gasteiger partial charge in [0.05, 0.1) is 28.1 Å². The lowest BCUT2D eigenvalue weighted by molar-refractivity contribution is -0.123. The summed E-state index contributed by atoms with van der Waals surface area (Å²) in [6, 6.07) is 17.8. The summed E-state index contributed by atoms with van der Waals surface area (Å²) in [5, 5.41) is 2.36. The van der Waals surface area contributed by atoms with E-state index in [0.717, 1.165) is 4.90 Å². The van der Waals surface area contributed by atoms with E-state index in [1.54, 1.807) is 30.3 Å². The summed E-state index contributed by atoms with van der Waals surface area (Å²) in [5.41, 5.74) is 0.777. The lowest BCUT2D eigenvalue weighted by Crippen LogP contribution is -2.31. The van der Waals surface area contributed by atoms with Crippen molar-refractivity contribution in [2.45, 2.75) is 13.0 Å². The van der Waals surface area contributed by atoms with Crippen LogP contribution in [0.5, 0.6) is 0 Å². The monoisotopic (exact) mass is 432 g/mol. The van der Waals surface area contributed by atoms with Crippen molar-refractivity contribution >= 4 is 35.1 Å². The van der Waals surface area contributed by atoms with Gasteiger partial charge in [-0.1, -0.05) is 30.3 Å². The Morgan fingerprint density at radius 1 is 0.906 bits per heavy atom. The van der Waals surface area contributed by atoms with E-state index in [0.29, 0.717) is 0 Å². The summed E-state index contributed by atoms with van der Waals surface area (Å²) in [6.45, 7) is 1.35. The SMILES string of the molecule is C[C@@H](OC(=O)c1cccc(N2C(=O)c3ccccc3C2=O)c1)C(=O)Nc1ccccc1F. The van der Waals surface area contributed by atoms with Crippen molar-refractivity contribution in [1.82, 2.24) is 0 Å². The lowest BCUT2D eigenvalue weighted by atomic mass is 10.1. The van der Waals surface area contributed by atoms with Crippen molar-refractivity contribution in [3.63, 3.8) is 0 Å². The van der Waals surface area contributed by atoms with Crippen LogP contribution in [0.2, 0.25) is 0 Å². The molecule has 4 rings (SSSR count). The summed E-state index contributed by atoms with van der Waals surface area (Å²) in [7, 11) is 0. The smallest absolute Gasteiger partial charge is 0.338 e. The van der Waals surface area contributed by atoms with Gasteiger partial charge in [-0.2, -0.15) is 0 Å². The normalized spacial score (nSPS) is 13.5. The Labute approximate surface area is 182 Å². The van der Waals surface area contributed by atoms with Crippen molar-refractivity contribution in [2.75, 3.05) is 10.2 Å². The van der Waals surface area contributed by atoms with E-state index >= 15 is 0 Å². The third kappa shape index (κ3) is 3.85. The van der Waals surface area contributed by atoms with Crippen LogP contribution in [0.4, 0.5) is 15.8 Å². The molecule has 0 bridgehead atoms. The Kier molecular flexibility index (Phi) is 5.51. The Balaban J connectivity index is 1.48. The average molecular weight is 432 g/mol. The minimum absolute atomic E-state index is 0.0342.